The Hall–Kier alpha value is -2.41. The minimum Gasteiger partial charge on any atom is -0.294 e. The van der Waals surface area contributed by atoms with Crippen LogP contribution in [0.3, 0.4) is 0 Å². The minimum atomic E-state index is 0.0592. The summed E-state index contributed by atoms with van der Waals surface area (Å²) < 4.78 is 1.78. The van der Waals surface area contributed by atoms with Crippen molar-refractivity contribution in [1.29, 1.82) is 0 Å². The maximum absolute atomic E-state index is 13.6. The molecule has 0 aliphatic carbocycles. The topological polar surface area (TPSA) is 38.1 Å². The van der Waals surface area contributed by atoms with Crippen LogP contribution in [0.4, 0.5) is 0 Å². The van der Waals surface area contributed by atoms with Crippen LogP contribution in [0.1, 0.15) is 21.6 Å². The van der Waals surface area contributed by atoms with Gasteiger partial charge in [-0.05, 0) is 48.4 Å². The first-order valence-corrected chi connectivity index (χ1v) is 12.1. The Morgan fingerprint density at radius 1 is 1.13 bits per heavy atom. The molecule has 0 radical (unpaired) electrons. The molecule has 0 unspecified atom stereocenters. The summed E-state index contributed by atoms with van der Waals surface area (Å²) in [5.74, 6) is 0. The summed E-state index contributed by atoms with van der Waals surface area (Å²) in [4.78, 5) is 23.1. The highest BCUT2D eigenvalue weighted by molar-refractivity contribution is 7.98. The molecule has 0 saturated heterocycles. The van der Waals surface area contributed by atoms with E-state index < -0.39 is 0 Å². The molecule has 0 fully saturated rings. The van der Waals surface area contributed by atoms with E-state index >= 15 is 0 Å². The standard InChI is InChI=1S/C24H23N3OS2/c1-16-7-6-10-18(13-16)27-23(28)21-19-11-12-26(14-17-8-4-3-5-9-17)15-20(19)30-22(21)25-24(27)29-2/h3-10,13H,11-12,14-15H2,1-2H3. The molecule has 5 rings (SSSR count). The van der Waals surface area contributed by atoms with Crippen molar-refractivity contribution in [2.45, 2.75) is 31.6 Å². The Balaban J connectivity index is 1.58. The second-order valence-corrected chi connectivity index (χ2v) is 9.57. The Morgan fingerprint density at radius 2 is 1.97 bits per heavy atom. The van der Waals surface area contributed by atoms with Crippen LogP contribution in [0.15, 0.2) is 64.5 Å². The molecule has 1 aliphatic rings. The first-order chi connectivity index (χ1) is 14.6. The highest BCUT2D eigenvalue weighted by Gasteiger charge is 2.25. The van der Waals surface area contributed by atoms with E-state index in [-0.39, 0.29) is 5.56 Å². The lowest BCUT2D eigenvalue weighted by molar-refractivity contribution is 0.249. The van der Waals surface area contributed by atoms with Gasteiger partial charge in [0.15, 0.2) is 5.16 Å². The van der Waals surface area contributed by atoms with E-state index in [0.29, 0.717) is 0 Å². The van der Waals surface area contributed by atoms with Gasteiger partial charge in [-0.15, -0.1) is 11.3 Å². The average Bonchev–Trinajstić information content (AvgIpc) is 3.12. The van der Waals surface area contributed by atoms with Crippen LogP contribution in [0.25, 0.3) is 15.9 Å². The quantitative estimate of drug-likeness (QED) is 0.334. The third-order valence-electron chi connectivity index (χ3n) is 5.61. The van der Waals surface area contributed by atoms with E-state index in [9.17, 15) is 4.79 Å². The van der Waals surface area contributed by atoms with Crippen molar-refractivity contribution in [3.05, 3.63) is 86.5 Å². The van der Waals surface area contributed by atoms with Gasteiger partial charge < -0.3 is 0 Å². The molecule has 6 heteroatoms. The summed E-state index contributed by atoms with van der Waals surface area (Å²) in [7, 11) is 0. The predicted octanol–water partition coefficient (Wildman–Crippen LogP) is 5.04. The summed E-state index contributed by atoms with van der Waals surface area (Å²) >= 11 is 3.21. The van der Waals surface area contributed by atoms with Crippen LogP contribution in [-0.2, 0) is 19.5 Å². The molecule has 0 atom stereocenters. The molecule has 0 N–H and O–H groups in total. The van der Waals surface area contributed by atoms with Gasteiger partial charge in [-0.2, -0.15) is 0 Å². The fraction of sp³-hybridized carbons (Fsp3) is 0.250. The van der Waals surface area contributed by atoms with Crippen molar-refractivity contribution in [2.24, 2.45) is 0 Å². The molecule has 30 heavy (non-hydrogen) atoms. The summed E-state index contributed by atoms with van der Waals surface area (Å²) in [5, 5.41) is 1.56. The molecule has 0 amide bonds. The highest BCUT2D eigenvalue weighted by atomic mass is 32.2. The van der Waals surface area contributed by atoms with Gasteiger partial charge in [0.1, 0.15) is 4.83 Å². The number of aromatic nitrogens is 2. The molecule has 2 aromatic heterocycles. The number of hydrogen-bond donors (Lipinski definition) is 0. The van der Waals surface area contributed by atoms with Gasteiger partial charge in [0.25, 0.3) is 5.56 Å². The first kappa shape index (κ1) is 19.5. The van der Waals surface area contributed by atoms with Gasteiger partial charge in [-0.25, -0.2) is 4.98 Å². The van der Waals surface area contributed by atoms with Crippen molar-refractivity contribution in [3.8, 4) is 5.69 Å². The second kappa shape index (κ2) is 8.02. The number of aryl methyl sites for hydroxylation is 1. The van der Waals surface area contributed by atoms with Gasteiger partial charge in [0.05, 0.1) is 11.1 Å². The summed E-state index contributed by atoms with van der Waals surface area (Å²) in [6.07, 6.45) is 2.88. The van der Waals surface area contributed by atoms with Gasteiger partial charge in [0, 0.05) is 24.5 Å². The zero-order valence-electron chi connectivity index (χ0n) is 17.1. The fourth-order valence-electron chi connectivity index (χ4n) is 4.19. The lowest BCUT2D eigenvalue weighted by Gasteiger charge is -2.26. The summed E-state index contributed by atoms with van der Waals surface area (Å²) in [5.41, 5.74) is 4.61. The zero-order valence-corrected chi connectivity index (χ0v) is 18.7. The molecule has 152 valence electrons. The Kier molecular flexibility index (Phi) is 5.23. The maximum Gasteiger partial charge on any atom is 0.267 e. The molecular weight excluding hydrogens is 410 g/mol. The lowest BCUT2D eigenvalue weighted by Crippen LogP contribution is -2.30. The number of benzene rings is 2. The second-order valence-electron chi connectivity index (χ2n) is 7.71. The monoisotopic (exact) mass is 433 g/mol. The molecular formula is C24H23N3OS2. The van der Waals surface area contributed by atoms with Crippen molar-refractivity contribution in [3.63, 3.8) is 0 Å². The van der Waals surface area contributed by atoms with Crippen molar-refractivity contribution in [2.75, 3.05) is 12.8 Å². The summed E-state index contributed by atoms with van der Waals surface area (Å²) in [6.45, 7) is 4.82. The minimum absolute atomic E-state index is 0.0592. The molecule has 0 bridgehead atoms. The SMILES string of the molecule is CSc1nc2sc3c(c2c(=O)n1-c1cccc(C)c1)CCN(Cc1ccccc1)C3. The molecule has 2 aromatic carbocycles. The number of thiophene rings is 1. The highest BCUT2D eigenvalue weighted by Crippen LogP contribution is 2.34. The van der Waals surface area contributed by atoms with Crippen LogP contribution in [-0.4, -0.2) is 27.3 Å². The van der Waals surface area contributed by atoms with Crippen LogP contribution >= 0.6 is 23.1 Å². The van der Waals surface area contributed by atoms with Gasteiger partial charge in [-0.3, -0.25) is 14.3 Å². The van der Waals surface area contributed by atoms with Crippen LogP contribution < -0.4 is 5.56 Å². The van der Waals surface area contributed by atoms with Crippen LogP contribution in [0, 0.1) is 6.92 Å². The third kappa shape index (κ3) is 3.49. The van der Waals surface area contributed by atoms with E-state index in [1.165, 1.54) is 27.8 Å². The first-order valence-electron chi connectivity index (χ1n) is 10.1. The number of nitrogens with zero attached hydrogens (tertiary/aromatic N) is 3. The Labute approximate surface area is 184 Å². The van der Waals surface area contributed by atoms with Crippen molar-refractivity contribution in [1.82, 2.24) is 14.5 Å². The van der Waals surface area contributed by atoms with Gasteiger partial charge >= 0.3 is 0 Å². The smallest absolute Gasteiger partial charge is 0.267 e. The molecule has 3 heterocycles. The Morgan fingerprint density at radius 3 is 2.73 bits per heavy atom. The molecule has 4 nitrogen and oxygen atoms in total. The van der Waals surface area contributed by atoms with E-state index in [4.69, 9.17) is 4.98 Å². The number of hydrogen-bond acceptors (Lipinski definition) is 5. The van der Waals surface area contributed by atoms with Crippen LogP contribution in [0.5, 0.6) is 0 Å². The maximum atomic E-state index is 13.6. The molecule has 4 aromatic rings. The van der Waals surface area contributed by atoms with Crippen molar-refractivity contribution < 1.29 is 0 Å². The van der Waals surface area contributed by atoms with Crippen LogP contribution in [0.2, 0.25) is 0 Å². The zero-order chi connectivity index (χ0) is 20.7. The number of rotatable bonds is 4. The van der Waals surface area contributed by atoms with E-state index in [2.05, 4.69) is 41.3 Å². The third-order valence-corrected chi connectivity index (χ3v) is 7.36. The molecule has 0 saturated carbocycles. The van der Waals surface area contributed by atoms with Gasteiger partial charge in [0.2, 0.25) is 0 Å². The van der Waals surface area contributed by atoms with E-state index in [1.807, 2.05) is 31.4 Å². The largest absolute Gasteiger partial charge is 0.294 e. The average molecular weight is 434 g/mol. The fourth-order valence-corrected chi connectivity index (χ4v) is 6.05. The normalized spacial score (nSPS) is 14.2. The van der Waals surface area contributed by atoms with E-state index in [0.717, 1.165) is 52.7 Å². The Bertz CT molecular complexity index is 1280. The van der Waals surface area contributed by atoms with Crippen molar-refractivity contribution >= 4 is 33.3 Å². The lowest BCUT2D eigenvalue weighted by atomic mass is 10.0. The summed E-state index contributed by atoms with van der Waals surface area (Å²) in [6, 6.07) is 18.7. The molecule has 0 spiro atoms. The van der Waals surface area contributed by atoms with Gasteiger partial charge in [-0.1, -0.05) is 54.2 Å². The molecule has 1 aliphatic heterocycles. The predicted molar refractivity (Wildman–Crippen MR) is 126 cm³/mol. The van der Waals surface area contributed by atoms with E-state index in [1.54, 1.807) is 15.9 Å². The number of thioether (sulfide) groups is 1. The number of fused-ring (bicyclic) bond motifs is 3.